The Labute approximate surface area is 245 Å². The third-order valence-electron chi connectivity index (χ3n) is 7.75. The molecule has 230 valence electrons. The molecule has 1 aliphatic heterocycles. The molecule has 13 nitrogen and oxygen atoms in total. The average molecular weight is 601 g/mol. The van der Waals surface area contributed by atoms with Gasteiger partial charge in [-0.1, -0.05) is 18.2 Å². The second-order valence-corrected chi connectivity index (χ2v) is 10.5. The van der Waals surface area contributed by atoms with E-state index in [4.69, 9.17) is 9.47 Å². The summed E-state index contributed by atoms with van der Waals surface area (Å²) >= 11 is 0. The van der Waals surface area contributed by atoms with Crippen LogP contribution in [-0.2, 0) is 30.5 Å². The number of aliphatic carboxylic acids is 1. The first-order valence-corrected chi connectivity index (χ1v) is 13.4. The molecule has 1 aliphatic carbocycles. The Morgan fingerprint density at radius 1 is 0.930 bits per heavy atom. The van der Waals surface area contributed by atoms with E-state index in [9.17, 15) is 55.2 Å². The highest BCUT2D eigenvalue weighted by molar-refractivity contribution is 5.97. The van der Waals surface area contributed by atoms with Crippen molar-refractivity contribution in [3.05, 3.63) is 59.2 Å². The molecule has 4 rings (SSSR count). The highest BCUT2D eigenvalue weighted by Crippen LogP contribution is 2.45. The number of carbonyl (C=O) groups is 3. The fraction of sp³-hybridized carbons (Fsp3) is 0.367. The molecule has 6 atom stereocenters. The van der Waals surface area contributed by atoms with Crippen molar-refractivity contribution in [2.45, 2.75) is 55.9 Å². The maximum absolute atomic E-state index is 13.0. The first kappa shape index (κ1) is 31.7. The summed E-state index contributed by atoms with van der Waals surface area (Å²) in [5.41, 5.74) is -1.24. The maximum Gasteiger partial charge on any atom is 0.336 e. The summed E-state index contributed by atoms with van der Waals surface area (Å²) in [6, 6.07) is 6.19. The smallest absolute Gasteiger partial charge is 0.336 e. The molecule has 0 spiro atoms. The van der Waals surface area contributed by atoms with Crippen LogP contribution >= 0.6 is 0 Å². The number of ether oxygens (including phenoxy) is 2. The van der Waals surface area contributed by atoms with Crippen LogP contribution in [0, 0.1) is 5.92 Å². The van der Waals surface area contributed by atoms with Crippen molar-refractivity contribution >= 4 is 29.7 Å². The van der Waals surface area contributed by atoms with Gasteiger partial charge in [0.15, 0.2) is 40.2 Å². The summed E-state index contributed by atoms with van der Waals surface area (Å²) in [5.74, 6) is -5.35. The molecular formula is C30H32O13. The summed E-state index contributed by atoms with van der Waals surface area (Å²) in [6.07, 6.45) is -1.23. The number of aliphatic hydroxyl groups is 3. The Balaban J connectivity index is 1.48. The first-order chi connectivity index (χ1) is 20.4. The van der Waals surface area contributed by atoms with Crippen LogP contribution in [0.4, 0.5) is 0 Å². The van der Waals surface area contributed by atoms with Crippen LogP contribution < -0.4 is 0 Å². The van der Waals surface area contributed by atoms with Crippen molar-refractivity contribution < 1.29 is 64.7 Å². The third-order valence-corrected chi connectivity index (χ3v) is 7.75. The van der Waals surface area contributed by atoms with Crippen molar-refractivity contribution in [2.24, 2.45) is 5.92 Å². The lowest BCUT2D eigenvalue weighted by Gasteiger charge is -2.51. The van der Waals surface area contributed by atoms with Gasteiger partial charge in [-0.05, 0) is 65.9 Å². The van der Waals surface area contributed by atoms with Gasteiger partial charge in [0.05, 0.1) is 18.8 Å². The zero-order valence-corrected chi connectivity index (χ0v) is 22.7. The summed E-state index contributed by atoms with van der Waals surface area (Å²) in [4.78, 5) is 38.0. The monoisotopic (exact) mass is 600 g/mol. The van der Waals surface area contributed by atoms with Crippen LogP contribution in [0.3, 0.4) is 0 Å². The Hall–Kier alpha value is -4.27. The van der Waals surface area contributed by atoms with Gasteiger partial charge in [0.2, 0.25) is 0 Å². The predicted molar refractivity (Wildman–Crippen MR) is 148 cm³/mol. The molecule has 0 amide bonds. The number of benzene rings is 2. The molecule has 2 aliphatic rings. The normalized spacial score (nSPS) is 27.3. The number of fused-ring (bicyclic) bond motifs is 1. The molecule has 2 aromatic rings. The molecule has 1 saturated carbocycles. The summed E-state index contributed by atoms with van der Waals surface area (Å²) in [5, 5.41) is 79.4. The number of carbonyl (C=O) groups excluding carboxylic acids is 2. The number of hydrogen-bond donors (Lipinski definition) is 8. The Morgan fingerprint density at radius 2 is 1.63 bits per heavy atom. The highest BCUT2D eigenvalue weighted by atomic mass is 16.5. The lowest BCUT2D eigenvalue weighted by molar-refractivity contribution is -0.250. The van der Waals surface area contributed by atoms with Gasteiger partial charge in [-0.3, -0.25) is 9.59 Å². The number of aromatic hydroxyl groups is 4. The zero-order valence-electron chi connectivity index (χ0n) is 22.7. The van der Waals surface area contributed by atoms with Crippen LogP contribution in [0.2, 0.25) is 0 Å². The molecule has 8 N–H and O–H groups in total. The van der Waals surface area contributed by atoms with Gasteiger partial charge in [0.1, 0.15) is 18.8 Å². The fourth-order valence-corrected chi connectivity index (χ4v) is 5.44. The molecule has 2 fully saturated rings. The zero-order chi connectivity index (χ0) is 31.5. The Kier molecular flexibility index (Phi) is 9.52. The molecule has 0 bridgehead atoms. The van der Waals surface area contributed by atoms with Gasteiger partial charge >= 0.3 is 5.97 Å². The van der Waals surface area contributed by atoms with E-state index >= 15 is 0 Å². The summed E-state index contributed by atoms with van der Waals surface area (Å²) in [7, 11) is 0. The van der Waals surface area contributed by atoms with E-state index in [0.717, 1.165) is 24.3 Å². The molecule has 6 unspecified atom stereocenters. The SMILES string of the molecule is O=C(C=Cc1ccc(O)c(O)c1)COC1(C(=O)O)CC(O)C(O)C2OC(C(=O)C=Cc3cc(O)c(O)cc3CO)CCC21. The molecule has 1 saturated heterocycles. The van der Waals surface area contributed by atoms with Crippen LogP contribution in [0.5, 0.6) is 23.0 Å². The number of hydrogen-bond acceptors (Lipinski definition) is 12. The second-order valence-electron chi connectivity index (χ2n) is 10.5. The number of phenols is 4. The van der Waals surface area contributed by atoms with Crippen LogP contribution in [-0.4, -0.2) is 95.0 Å². The van der Waals surface area contributed by atoms with Crippen molar-refractivity contribution in [1.82, 2.24) is 0 Å². The van der Waals surface area contributed by atoms with Gasteiger partial charge in [0, 0.05) is 12.3 Å². The minimum absolute atomic E-state index is 0.0252. The minimum atomic E-state index is -2.12. The van der Waals surface area contributed by atoms with Crippen molar-refractivity contribution in [1.29, 1.82) is 0 Å². The van der Waals surface area contributed by atoms with E-state index in [1.54, 1.807) is 0 Å². The number of carboxylic acid groups (broad SMARTS) is 1. The van der Waals surface area contributed by atoms with Gasteiger partial charge < -0.3 is 50.3 Å². The van der Waals surface area contributed by atoms with Gasteiger partial charge in [-0.15, -0.1) is 0 Å². The minimum Gasteiger partial charge on any atom is -0.504 e. The van der Waals surface area contributed by atoms with Gasteiger partial charge in [0.25, 0.3) is 0 Å². The van der Waals surface area contributed by atoms with E-state index in [2.05, 4.69) is 0 Å². The fourth-order valence-electron chi connectivity index (χ4n) is 5.44. The van der Waals surface area contributed by atoms with Crippen molar-refractivity contribution in [3.8, 4) is 23.0 Å². The topological polar surface area (TPSA) is 232 Å². The Morgan fingerprint density at radius 3 is 2.30 bits per heavy atom. The first-order valence-electron chi connectivity index (χ1n) is 13.4. The van der Waals surface area contributed by atoms with E-state index < -0.39 is 90.4 Å². The number of ketones is 2. The number of phenolic OH excluding ortho intramolecular Hbond substituents is 4. The van der Waals surface area contributed by atoms with Gasteiger partial charge in [-0.25, -0.2) is 4.79 Å². The largest absolute Gasteiger partial charge is 0.504 e. The molecule has 43 heavy (non-hydrogen) atoms. The average Bonchev–Trinajstić information content (AvgIpc) is 2.98. The Bertz CT molecular complexity index is 1450. The molecule has 0 aromatic heterocycles. The highest BCUT2D eigenvalue weighted by Gasteiger charge is 2.60. The van der Waals surface area contributed by atoms with E-state index in [1.807, 2.05) is 0 Å². The summed E-state index contributed by atoms with van der Waals surface area (Å²) < 4.78 is 11.5. The van der Waals surface area contributed by atoms with Crippen LogP contribution in [0.15, 0.2) is 42.5 Å². The standard InChI is InChI=1S/C30H32O13/c31-13-17-11-24(37)23(36)10-16(17)3-7-21(34)26-8-5-19-28(43-26)27(39)25(38)12-30(19,29(40)41)42-14-18(32)4-1-15-2-6-20(33)22(35)9-15/h1-4,6-7,9-11,19,25-28,31,33,35-39H,5,8,12-14H2,(H,40,41). The van der Waals surface area contributed by atoms with Crippen molar-refractivity contribution in [2.75, 3.05) is 6.61 Å². The quantitative estimate of drug-likeness (QED) is 0.141. The van der Waals surface area contributed by atoms with Crippen LogP contribution in [0.1, 0.15) is 36.0 Å². The lowest BCUT2D eigenvalue weighted by atomic mass is 9.67. The molecule has 1 heterocycles. The maximum atomic E-state index is 13.0. The third kappa shape index (κ3) is 6.71. The van der Waals surface area contributed by atoms with Crippen molar-refractivity contribution in [3.63, 3.8) is 0 Å². The molecule has 13 heteroatoms. The van der Waals surface area contributed by atoms with E-state index in [0.29, 0.717) is 5.56 Å². The summed E-state index contributed by atoms with van der Waals surface area (Å²) in [6.45, 7) is -1.18. The number of carboxylic acids is 1. The molecular weight excluding hydrogens is 568 g/mol. The van der Waals surface area contributed by atoms with E-state index in [1.165, 1.54) is 30.4 Å². The number of rotatable bonds is 10. The predicted octanol–water partition coefficient (Wildman–Crippen LogP) is 0.995. The lowest BCUT2D eigenvalue weighted by Crippen LogP contribution is -2.66. The molecule has 0 radical (unpaired) electrons. The second kappa shape index (κ2) is 12.9. The van der Waals surface area contributed by atoms with Gasteiger partial charge in [-0.2, -0.15) is 0 Å². The number of aliphatic hydroxyl groups excluding tert-OH is 3. The van der Waals surface area contributed by atoms with Crippen LogP contribution in [0.25, 0.3) is 12.2 Å². The van der Waals surface area contributed by atoms with E-state index in [-0.39, 0.29) is 29.7 Å². The molecule has 2 aromatic carbocycles.